The molecule has 0 fully saturated rings. The average Bonchev–Trinajstić information content (AvgIpc) is 4.09. The highest BCUT2D eigenvalue weighted by Gasteiger charge is 2.19. The molecule has 0 aliphatic rings. The van der Waals surface area contributed by atoms with Crippen LogP contribution in [0.15, 0.2) is 207 Å². The molecule has 0 aliphatic carbocycles. The van der Waals surface area contributed by atoms with Gasteiger partial charge in [-0.1, -0.05) is 91.0 Å². The van der Waals surface area contributed by atoms with Crippen LogP contribution in [-0.4, -0.2) is 28.7 Å². The molecule has 0 spiro atoms. The predicted octanol–water partition coefficient (Wildman–Crippen LogP) is 14.9. The summed E-state index contributed by atoms with van der Waals surface area (Å²) in [6.45, 7) is 0. The minimum absolute atomic E-state index is 0.835. The van der Waals surface area contributed by atoms with Crippen LogP contribution < -0.4 is 0 Å². The van der Waals surface area contributed by atoms with Gasteiger partial charge < -0.3 is 13.7 Å². The van der Waals surface area contributed by atoms with Crippen molar-refractivity contribution in [3.63, 3.8) is 0 Å². The van der Waals surface area contributed by atoms with E-state index in [4.69, 9.17) is 9.97 Å². The molecule has 7 heteroatoms. The normalized spacial score (nSPS) is 12.1. The van der Waals surface area contributed by atoms with E-state index in [0.29, 0.717) is 0 Å². The first-order valence-electron chi connectivity index (χ1n) is 21.5. The van der Waals surface area contributed by atoms with Crippen molar-refractivity contribution in [1.82, 2.24) is 28.7 Å². The number of para-hydroxylation sites is 3. The van der Waals surface area contributed by atoms with Gasteiger partial charge in [0.1, 0.15) is 0 Å². The maximum Gasteiger partial charge on any atom is 0.0894 e. The van der Waals surface area contributed by atoms with Crippen LogP contribution in [0, 0.1) is 0 Å². The summed E-state index contributed by atoms with van der Waals surface area (Å²) in [5.41, 5.74) is 13.9. The monoisotopic (exact) mass is 834 g/mol. The summed E-state index contributed by atoms with van der Waals surface area (Å²) in [5.74, 6) is 0. The van der Waals surface area contributed by atoms with E-state index in [0.717, 1.165) is 72.4 Å². The largest absolute Gasteiger partial charge is 0.309 e. The first-order chi connectivity index (χ1) is 31.7. The Morgan fingerprint density at radius 1 is 0.312 bits per heavy atom. The highest BCUT2D eigenvalue weighted by atomic mass is 32.1. The molecule has 298 valence electrons. The number of aromatic nitrogens is 6. The van der Waals surface area contributed by atoms with Crippen LogP contribution in [0.4, 0.5) is 0 Å². The lowest BCUT2D eigenvalue weighted by atomic mass is 10.1. The topological polar surface area (TPSA) is 53.5 Å². The maximum absolute atomic E-state index is 5.12. The maximum atomic E-state index is 5.12. The number of pyridine rings is 3. The molecule has 14 aromatic rings. The Bertz CT molecular complexity index is 4190. The molecule has 14 rings (SSSR count). The number of hydrogen-bond acceptors (Lipinski definition) is 4. The average molecular weight is 835 g/mol. The molecule has 0 unspecified atom stereocenters. The molecule has 0 amide bonds. The zero-order valence-corrected chi connectivity index (χ0v) is 35.0. The van der Waals surface area contributed by atoms with Gasteiger partial charge in [-0.15, -0.1) is 11.3 Å². The number of nitrogens with zero attached hydrogens (tertiary/aromatic N) is 6. The molecular weight excluding hydrogens is 801 g/mol. The first-order valence-corrected chi connectivity index (χ1v) is 22.3. The van der Waals surface area contributed by atoms with E-state index in [-0.39, 0.29) is 0 Å². The van der Waals surface area contributed by atoms with Crippen LogP contribution in [-0.2, 0) is 0 Å². The van der Waals surface area contributed by atoms with Crippen LogP contribution >= 0.6 is 11.3 Å². The lowest BCUT2D eigenvalue weighted by Gasteiger charge is -2.12. The fourth-order valence-electron chi connectivity index (χ4n) is 10.1. The third kappa shape index (κ3) is 5.16. The number of rotatable bonds is 5. The van der Waals surface area contributed by atoms with Gasteiger partial charge in [-0.3, -0.25) is 15.0 Å². The Morgan fingerprint density at radius 2 is 0.844 bits per heavy atom. The van der Waals surface area contributed by atoms with Gasteiger partial charge in [-0.05, 0) is 96.6 Å². The standard InChI is InChI=1S/C57H34N6S/c1-5-18-50-40(14-1)44-28-47-43-17-4-8-21-56(43)64-57(47)31-53(44)61(50)37-22-24-38(25-23-37)62-51-19-6-2-15-41(51)45-29-48(59-33-54(45)62)49-30-46-42-16-3-7-20-52(42)63(55(46)34-60-49)39-13-9-11-35(27-39)36-12-10-26-58-32-36/h1-34H. The highest BCUT2D eigenvalue weighted by Crippen LogP contribution is 2.42. The molecule has 7 aromatic carbocycles. The van der Waals surface area contributed by atoms with E-state index in [1.165, 1.54) is 52.8 Å². The lowest BCUT2D eigenvalue weighted by molar-refractivity contribution is 1.14. The van der Waals surface area contributed by atoms with Crippen LogP contribution in [0.2, 0.25) is 0 Å². The second kappa shape index (κ2) is 13.6. The molecule has 0 radical (unpaired) electrons. The number of thiophene rings is 1. The molecule has 0 N–H and O–H groups in total. The van der Waals surface area contributed by atoms with E-state index in [1.807, 2.05) is 42.2 Å². The van der Waals surface area contributed by atoms with Gasteiger partial charge in [0.25, 0.3) is 0 Å². The molecule has 7 heterocycles. The molecule has 64 heavy (non-hydrogen) atoms. The Labute approximate surface area is 370 Å². The van der Waals surface area contributed by atoms with Crippen molar-refractivity contribution in [2.24, 2.45) is 0 Å². The summed E-state index contributed by atoms with van der Waals surface area (Å²) < 4.78 is 9.68. The van der Waals surface area contributed by atoms with Gasteiger partial charge in [0, 0.05) is 87.5 Å². The molecule has 7 aromatic heterocycles. The van der Waals surface area contributed by atoms with E-state index in [2.05, 4.69) is 195 Å². The van der Waals surface area contributed by atoms with Crippen LogP contribution in [0.1, 0.15) is 0 Å². The predicted molar refractivity (Wildman–Crippen MR) is 267 cm³/mol. The van der Waals surface area contributed by atoms with Crippen molar-refractivity contribution in [2.45, 2.75) is 0 Å². The molecular formula is C57H34N6S. The SMILES string of the molecule is c1cncc(-c2cccc(-n3c4ccccc4c4cc(-c5cc6c7ccccc7n(-c7ccc(-n8c9ccccc9c9cc%10c(cc98)sc8ccccc8%10)cc7)c6cn5)ncc43)c2)c1. The van der Waals surface area contributed by atoms with Gasteiger partial charge in [-0.2, -0.15) is 0 Å². The van der Waals surface area contributed by atoms with Crippen LogP contribution in [0.5, 0.6) is 0 Å². The molecule has 6 nitrogen and oxygen atoms in total. The van der Waals surface area contributed by atoms with Gasteiger partial charge in [-0.25, -0.2) is 0 Å². The number of hydrogen-bond donors (Lipinski definition) is 0. The van der Waals surface area contributed by atoms with Gasteiger partial charge in [0.2, 0.25) is 0 Å². The van der Waals surface area contributed by atoms with Crippen molar-refractivity contribution in [2.75, 3.05) is 0 Å². The quantitative estimate of drug-likeness (QED) is 0.174. The summed E-state index contributed by atoms with van der Waals surface area (Å²) in [4.78, 5) is 14.6. The number of fused-ring (bicyclic) bond motifs is 12. The summed E-state index contributed by atoms with van der Waals surface area (Å²) >= 11 is 1.86. The third-order valence-corrected chi connectivity index (χ3v) is 14.2. The lowest BCUT2D eigenvalue weighted by Crippen LogP contribution is -1.97. The Kier molecular flexibility index (Phi) is 7.46. The van der Waals surface area contributed by atoms with Crippen LogP contribution in [0.25, 0.3) is 125 Å². The van der Waals surface area contributed by atoms with Crippen LogP contribution in [0.3, 0.4) is 0 Å². The van der Waals surface area contributed by atoms with E-state index in [1.54, 1.807) is 0 Å². The van der Waals surface area contributed by atoms with Gasteiger partial charge in [0.05, 0.1) is 56.9 Å². The Hall–Kier alpha value is -8.39. The van der Waals surface area contributed by atoms with Crippen molar-refractivity contribution < 1.29 is 0 Å². The highest BCUT2D eigenvalue weighted by molar-refractivity contribution is 7.25. The molecule has 0 aliphatic heterocycles. The second-order valence-corrected chi connectivity index (χ2v) is 17.6. The van der Waals surface area contributed by atoms with Gasteiger partial charge >= 0.3 is 0 Å². The Balaban J connectivity index is 0.879. The molecule has 0 bridgehead atoms. The fourth-order valence-corrected chi connectivity index (χ4v) is 11.3. The first kappa shape index (κ1) is 35.2. The van der Waals surface area contributed by atoms with Crippen molar-refractivity contribution in [1.29, 1.82) is 0 Å². The third-order valence-electron chi connectivity index (χ3n) is 13.0. The second-order valence-electron chi connectivity index (χ2n) is 16.5. The molecule has 0 atom stereocenters. The Morgan fingerprint density at radius 3 is 1.45 bits per heavy atom. The minimum atomic E-state index is 0.835. The summed E-state index contributed by atoms with van der Waals surface area (Å²) in [6, 6.07) is 65.6. The molecule has 0 saturated carbocycles. The van der Waals surface area contributed by atoms with Crippen molar-refractivity contribution in [3.8, 4) is 39.6 Å². The van der Waals surface area contributed by atoms with Gasteiger partial charge in [0.15, 0.2) is 0 Å². The number of benzene rings is 7. The summed E-state index contributed by atoms with van der Waals surface area (Å²) in [6.07, 6.45) is 7.73. The smallest absolute Gasteiger partial charge is 0.0894 e. The summed E-state index contributed by atoms with van der Waals surface area (Å²) in [5, 5.41) is 9.77. The van der Waals surface area contributed by atoms with E-state index in [9.17, 15) is 0 Å². The van der Waals surface area contributed by atoms with Crippen molar-refractivity contribution in [3.05, 3.63) is 207 Å². The molecule has 0 saturated heterocycles. The van der Waals surface area contributed by atoms with E-state index < -0.39 is 0 Å². The minimum Gasteiger partial charge on any atom is -0.309 e. The zero-order valence-electron chi connectivity index (χ0n) is 34.2. The summed E-state index contributed by atoms with van der Waals surface area (Å²) in [7, 11) is 0. The zero-order chi connectivity index (χ0) is 41.9. The fraction of sp³-hybridized carbons (Fsp3) is 0. The van der Waals surface area contributed by atoms with E-state index >= 15 is 0 Å². The van der Waals surface area contributed by atoms with Crippen molar-refractivity contribution >= 4 is 96.9 Å².